The van der Waals surface area contributed by atoms with E-state index in [9.17, 15) is 0 Å². The molecule has 0 spiro atoms. The summed E-state index contributed by atoms with van der Waals surface area (Å²) >= 11 is 1.94. The van der Waals surface area contributed by atoms with Crippen molar-refractivity contribution < 1.29 is 0 Å². The van der Waals surface area contributed by atoms with Crippen molar-refractivity contribution in [3.63, 3.8) is 0 Å². The van der Waals surface area contributed by atoms with E-state index in [1.54, 1.807) is 4.88 Å². The molecule has 1 N–H and O–H groups in total. The van der Waals surface area contributed by atoms with E-state index in [2.05, 4.69) is 36.7 Å². The molecular formula is C17H27NS. The molecule has 4 unspecified atom stereocenters. The van der Waals surface area contributed by atoms with Crippen molar-refractivity contribution in [2.24, 2.45) is 17.8 Å². The first kappa shape index (κ1) is 13.6. The molecule has 0 radical (unpaired) electrons. The van der Waals surface area contributed by atoms with Crippen molar-refractivity contribution in [1.29, 1.82) is 0 Å². The molecule has 0 saturated heterocycles. The Hall–Kier alpha value is -0.340. The number of hydrogen-bond donors (Lipinski definition) is 1. The van der Waals surface area contributed by atoms with Gasteiger partial charge >= 0.3 is 0 Å². The van der Waals surface area contributed by atoms with Crippen molar-refractivity contribution in [2.45, 2.75) is 64.5 Å². The summed E-state index contributed by atoms with van der Waals surface area (Å²) in [5, 5.41) is 6.29. The van der Waals surface area contributed by atoms with E-state index < -0.39 is 0 Å². The Morgan fingerprint density at radius 2 is 1.95 bits per heavy atom. The molecule has 1 heterocycles. The highest BCUT2D eigenvalue weighted by molar-refractivity contribution is 7.10. The fraction of sp³-hybridized carbons (Fsp3) is 0.765. The second kappa shape index (κ2) is 5.97. The summed E-state index contributed by atoms with van der Waals surface area (Å²) in [6, 6.07) is 5.91. The molecule has 2 aliphatic rings. The van der Waals surface area contributed by atoms with Crippen LogP contribution in [0.2, 0.25) is 0 Å². The van der Waals surface area contributed by atoms with E-state index in [1.165, 1.54) is 38.5 Å². The quantitative estimate of drug-likeness (QED) is 0.816. The molecule has 2 aliphatic carbocycles. The molecule has 0 aliphatic heterocycles. The van der Waals surface area contributed by atoms with Crippen molar-refractivity contribution in [2.75, 3.05) is 0 Å². The van der Waals surface area contributed by atoms with Crippen LogP contribution in [0.25, 0.3) is 0 Å². The monoisotopic (exact) mass is 277 g/mol. The number of rotatable bonds is 4. The van der Waals surface area contributed by atoms with Crippen molar-refractivity contribution in [1.82, 2.24) is 5.32 Å². The van der Waals surface area contributed by atoms with Gasteiger partial charge < -0.3 is 5.32 Å². The van der Waals surface area contributed by atoms with Gasteiger partial charge in [-0.2, -0.15) is 0 Å². The van der Waals surface area contributed by atoms with Crippen LogP contribution < -0.4 is 5.32 Å². The van der Waals surface area contributed by atoms with E-state index >= 15 is 0 Å². The van der Waals surface area contributed by atoms with Gasteiger partial charge in [0.25, 0.3) is 0 Å². The minimum absolute atomic E-state index is 0.625. The van der Waals surface area contributed by atoms with Gasteiger partial charge in [0, 0.05) is 17.0 Å². The first-order valence-electron chi connectivity index (χ1n) is 8.05. The Kier molecular flexibility index (Phi) is 4.28. The molecule has 3 rings (SSSR count). The van der Waals surface area contributed by atoms with Crippen LogP contribution in [0.4, 0.5) is 0 Å². The highest BCUT2D eigenvalue weighted by Crippen LogP contribution is 2.40. The van der Waals surface area contributed by atoms with Crippen LogP contribution in [0.5, 0.6) is 0 Å². The fourth-order valence-corrected chi connectivity index (χ4v) is 4.92. The Morgan fingerprint density at radius 3 is 2.53 bits per heavy atom. The Labute approximate surface area is 121 Å². The van der Waals surface area contributed by atoms with Crippen molar-refractivity contribution in [3.8, 4) is 0 Å². The Morgan fingerprint density at radius 1 is 1.16 bits per heavy atom. The summed E-state index contributed by atoms with van der Waals surface area (Å²) in [7, 11) is 0. The van der Waals surface area contributed by atoms with Crippen LogP contribution in [0.3, 0.4) is 0 Å². The molecule has 0 aromatic carbocycles. The van der Waals surface area contributed by atoms with Crippen molar-refractivity contribution >= 4 is 11.3 Å². The average Bonchev–Trinajstić information content (AvgIpc) is 3.13. The Bertz CT molecular complexity index is 380. The van der Waals surface area contributed by atoms with Gasteiger partial charge in [-0.1, -0.05) is 32.8 Å². The molecule has 1 aromatic heterocycles. The van der Waals surface area contributed by atoms with Gasteiger partial charge in [-0.3, -0.25) is 0 Å². The maximum Gasteiger partial charge on any atom is 0.0445 e. The minimum atomic E-state index is 0.625. The zero-order valence-corrected chi connectivity index (χ0v) is 13.1. The molecule has 2 saturated carbocycles. The lowest BCUT2D eigenvalue weighted by Crippen LogP contribution is -2.38. The standard InChI is InChI=1S/C17H27NS/c1-12-9-10-15(13(12)2)18-17(14-6-3-4-7-14)16-8-5-11-19-16/h5,8,11-15,17-18H,3-4,6-7,9-10H2,1-2H3. The van der Waals surface area contributed by atoms with E-state index in [1.807, 2.05) is 11.3 Å². The summed E-state index contributed by atoms with van der Waals surface area (Å²) in [5.74, 6) is 2.61. The van der Waals surface area contributed by atoms with Gasteiger partial charge in [0.05, 0.1) is 0 Å². The third-order valence-electron chi connectivity index (χ3n) is 5.58. The summed E-state index contributed by atoms with van der Waals surface area (Å²) in [6.07, 6.45) is 8.49. The van der Waals surface area contributed by atoms with Crippen LogP contribution in [0.15, 0.2) is 17.5 Å². The summed E-state index contributed by atoms with van der Waals surface area (Å²) < 4.78 is 0. The third kappa shape index (κ3) is 2.90. The maximum atomic E-state index is 4.05. The van der Waals surface area contributed by atoms with Gasteiger partial charge in [-0.25, -0.2) is 0 Å². The predicted molar refractivity (Wildman–Crippen MR) is 83.5 cm³/mol. The zero-order valence-electron chi connectivity index (χ0n) is 12.3. The second-order valence-electron chi connectivity index (χ2n) is 6.72. The van der Waals surface area contributed by atoms with Gasteiger partial charge in [0.15, 0.2) is 0 Å². The number of hydrogen-bond acceptors (Lipinski definition) is 2. The lowest BCUT2D eigenvalue weighted by Gasteiger charge is -2.30. The van der Waals surface area contributed by atoms with Gasteiger partial charge in [-0.15, -0.1) is 11.3 Å². The summed E-state index contributed by atoms with van der Waals surface area (Å²) in [4.78, 5) is 1.57. The van der Waals surface area contributed by atoms with Crippen LogP contribution in [-0.4, -0.2) is 6.04 Å². The molecular weight excluding hydrogens is 250 g/mol. The average molecular weight is 277 g/mol. The molecule has 0 bridgehead atoms. The molecule has 106 valence electrons. The first-order chi connectivity index (χ1) is 9.25. The topological polar surface area (TPSA) is 12.0 Å². The summed E-state index contributed by atoms with van der Waals surface area (Å²) in [5.41, 5.74) is 0. The lowest BCUT2D eigenvalue weighted by atomic mass is 9.93. The highest BCUT2D eigenvalue weighted by atomic mass is 32.1. The normalized spacial score (nSPS) is 33.9. The maximum absolute atomic E-state index is 4.05. The van der Waals surface area contributed by atoms with Crippen LogP contribution in [-0.2, 0) is 0 Å². The van der Waals surface area contributed by atoms with Gasteiger partial charge in [0.1, 0.15) is 0 Å². The predicted octanol–water partition coefficient (Wildman–Crippen LogP) is 5.00. The van der Waals surface area contributed by atoms with E-state index in [4.69, 9.17) is 0 Å². The lowest BCUT2D eigenvalue weighted by molar-refractivity contribution is 0.287. The van der Waals surface area contributed by atoms with Crippen LogP contribution >= 0.6 is 11.3 Å². The van der Waals surface area contributed by atoms with E-state index in [0.29, 0.717) is 6.04 Å². The van der Waals surface area contributed by atoms with E-state index in [0.717, 1.165) is 23.8 Å². The third-order valence-corrected chi connectivity index (χ3v) is 6.54. The second-order valence-corrected chi connectivity index (χ2v) is 7.70. The SMILES string of the molecule is CC1CCC(NC(c2cccs2)C2CCCC2)C1C. The van der Waals surface area contributed by atoms with Crippen LogP contribution in [0, 0.1) is 17.8 Å². The largest absolute Gasteiger partial charge is 0.306 e. The zero-order chi connectivity index (χ0) is 13.2. The summed E-state index contributed by atoms with van der Waals surface area (Å²) in [6.45, 7) is 4.86. The molecule has 2 fully saturated rings. The number of thiophene rings is 1. The molecule has 19 heavy (non-hydrogen) atoms. The smallest absolute Gasteiger partial charge is 0.0445 e. The minimum Gasteiger partial charge on any atom is -0.306 e. The van der Waals surface area contributed by atoms with Gasteiger partial charge in [0.2, 0.25) is 0 Å². The first-order valence-corrected chi connectivity index (χ1v) is 8.93. The van der Waals surface area contributed by atoms with Crippen LogP contribution in [0.1, 0.15) is 63.3 Å². The number of nitrogens with one attached hydrogen (secondary N) is 1. The van der Waals surface area contributed by atoms with E-state index in [-0.39, 0.29) is 0 Å². The molecule has 0 amide bonds. The van der Waals surface area contributed by atoms with Gasteiger partial charge in [-0.05, 0) is 54.9 Å². The molecule has 1 nitrogen and oxygen atoms in total. The molecule has 4 atom stereocenters. The van der Waals surface area contributed by atoms with Crippen molar-refractivity contribution in [3.05, 3.63) is 22.4 Å². The Balaban J connectivity index is 1.72. The molecule has 2 heteroatoms. The molecule has 1 aromatic rings. The fourth-order valence-electron chi connectivity index (χ4n) is 4.04. The highest BCUT2D eigenvalue weighted by Gasteiger charge is 2.34.